The number of hydrogen-bond donors (Lipinski definition) is 1. The van der Waals surface area contributed by atoms with E-state index in [1.807, 2.05) is 0 Å². The first-order valence-electron chi connectivity index (χ1n) is 5.52. The van der Waals surface area contributed by atoms with Crippen LogP contribution in [-0.4, -0.2) is 37.3 Å². The zero-order chi connectivity index (χ0) is 15.5. The highest BCUT2D eigenvalue weighted by Gasteiger charge is 2.18. The molecule has 0 spiro atoms. The zero-order valence-corrected chi connectivity index (χ0v) is 13.2. The predicted molar refractivity (Wildman–Crippen MR) is 77.4 cm³/mol. The van der Waals surface area contributed by atoms with Crippen molar-refractivity contribution in [2.24, 2.45) is 0 Å². The Morgan fingerprint density at radius 1 is 1.50 bits per heavy atom. The van der Waals surface area contributed by atoms with Crippen LogP contribution >= 0.6 is 15.9 Å². The lowest BCUT2D eigenvalue weighted by atomic mass is 10.2. The molecule has 0 radical (unpaired) electrons. The minimum Gasteiger partial charge on any atom is -0.349 e. The van der Waals surface area contributed by atoms with Crippen molar-refractivity contribution >= 4 is 37.4 Å². The molecule has 0 bridgehead atoms. The molecule has 0 aromatic heterocycles. The van der Waals surface area contributed by atoms with Gasteiger partial charge in [0.25, 0.3) is 11.6 Å². The molecule has 1 N–H and O–H groups in total. The summed E-state index contributed by atoms with van der Waals surface area (Å²) in [5.41, 5.74) is -0.131. The van der Waals surface area contributed by atoms with E-state index in [4.69, 9.17) is 0 Å². The summed E-state index contributed by atoms with van der Waals surface area (Å²) in [4.78, 5) is 22.0. The standard InChI is InChI=1S/C11H13BrN2O5S/c1-7(6-20(2,18)19)13-11(15)9-5-8(14(16)17)3-4-10(9)12/h3-5,7H,6H2,1-2H3,(H,13,15). The van der Waals surface area contributed by atoms with E-state index in [0.29, 0.717) is 4.47 Å². The van der Waals surface area contributed by atoms with E-state index in [-0.39, 0.29) is 17.0 Å². The highest BCUT2D eigenvalue weighted by molar-refractivity contribution is 9.10. The molecular weight excluding hydrogens is 352 g/mol. The normalized spacial score (nSPS) is 12.8. The van der Waals surface area contributed by atoms with Gasteiger partial charge in [0.15, 0.2) is 0 Å². The first-order valence-corrected chi connectivity index (χ1v) is 8.38. The number of nitro benzene ring substituents is 1. The van der Waals surface area contributed by atoms with E-state index in [0.717, 1.165) is 12.3 Å². The first-order chi connectivity index (χ1) is 9.10. The van der Waals surface area contributed by atoms with Gasteiger partial charge in [0.1, 0.15) is 9.84 Å². The van der Waals surface area contributed by atoms with Gasteiger partial charge in [-0.1, -0.05) is 0 Å². The van der Waals surface area contributed by atoms with Crippen molar-refractivity contribution < 1.29 is 18.1 Å². The number of non-ortho nitro benzene ring substituents is 1. The van der Waals surface area contributed by atoms with Crippen LogP contribution in [0.3, 0.4) is 0 Å². The summed E-state index contributed by atoms with van der Waals surface area (Å²) in [5.74, 6) is -0.776. The van der Waals surface area contributed by atoms with Crippen molar-refractivity contribution in [3.63, 3.8) is 0 Å². The SMILES string of the molecule is CC(CS(C)(=O)=O)NC(=O)c1cc([N+](=O)[O-])ccc1Br. The third-order valence-corrected chi connectivity index (χ3v) is 4.13. The van der Waals surface area contributed by atoms with Gasteiger partial charge in [-0.2, -0.15) is 0 Å². The lowest BCUT2D eigenvalue weighted by molar-refractivity contribution is -0.384. The molecule has 1 rings (SSSR count). The number of carbonyl (C=O) groups excluding carboxylic acids is 1. The number of nitrogens with zero attached hydrogens (tertiary/aromatic N) is 1. The molecule has 1 aromatic carbocycles. The van der Waals surface area contributed by atoms with Crippen molar-refractivity contribution in [3.05, 3.63) is 38.3 Å². The van der Waals surface area contributed by atoms with Crippen molar-refractivity contribution in [2.45, 2.75) is 13.0 Å². The summed E-state index contributed by atoms with van der Waals surface area (Å²) in [7, 11) is -3.22. The molecule has 110 valence electrons. The van der Waals surface area contributed by atoms with Gasteiger partial charge >= 0.3 is 0 Å². The Bertz CT molecular complexity index is 644. The third kappa shape index (κ3) is 4.89. The summed E-state index contributed by atoms with van der Waals surface area (Å²) in [6.45, 7) is 1.55. The minimum absolute atomic E-state index is 0.0829. The van der Waals surface area contributed by atoms with E-state index in [1.54, 1.807) is 6.92 Å². The fraction of sp³-hybridized carbons (Fsp3) is 0.364. The van der Waals surface area contributed by atoms with Crippen LogP contribution in [0.25, 0.3) is 0 Å². The molecule has 1 atom stereocenters. The van der Waals surface area contributed by atoms with E-state index in [2.05, 4.69) is 21.2 Å². The molecule has 0 aliphatic rings. The van der Waals surface area contributed by atoms with Crippen LogP contribution < -0.4 is 5.32 Å². The number of nitro groups is 1. The zero-order valence-electron chi connectivity index (χ0n) is 10.8. The Morgan fingerprint density at radius 2 is 2.10 bits per heavy atom. The predicted octanol–water partition coefficient (Wildman–Crippen LogP) is 1.52. The Balaban J connectivity index is 2.92. The van der Waals surface area contributed by atoms with Crippen LogP contribution in [-0.2, 0) is 9.84 Å². The molecule has 1 unspecified atom stereocenters. The summed E-state index contributed by atoms with van der Waals surface area (Å²) in [6.07, 6.45) is 1.07. The smallest absolute Gasteiger partial charge is 0.270 e. The molecule has 1 amide bonds. The van der Waals surface area contributed by atoms with Gasteiger partial charge in [-0.05, 0) is 28.9 Å². The summed E-state index contributed by atoms with van der Waals surface area (Å²) < 4.78 is 22.6. The number of halogens is 1. The number of hydrogen-bond acceptors (Lipinski definition) is 5. The molecule has 0 aliphatic heterocycles. The molecule has 7 nitrogen and oxygen atoms in total. The van der Waals surface area contributed by atoms with Gasteiger partial charge in [0, 0.05) is 28.9 Å². The van der Waals surface area contributed by atoms with E-state index < -0.39 is 26.7 Å². The van der Waals surface area contributed by atoms with E-state index in [9.17, 15) is 23.3 Å². The quantitative estimate of drug-likeness (QED) is 0.629. The van der Waals surface area contributed by atoms with Gasteiger partial charge in [-0.15, -0.1) is 0 Å². The van der Waals surface area contributed by atoms with Gasteiger partial charge in [0.2, 0.25) is 0 Å². The molecule has 0 saturated carbocycles. The molecule has 20 heavy (non-hydrogen) atoms. The summed E-state index contributed by atoms with van der Waals surface area (Å²) >= 11 is 3.13. The monoisotopic (exact) mass is 364 g/mol. The van der Waals surface area contributed by atoms with Crippen LogP contribution in [0.4, 0.5) is 5.69 Å². The maximum Gasteiger partial charge on any atom is 0.270 e. The van der Waals surface area contributed by atoms with Gasteiger partial charge < -0.3 is 5.32 Å². The average Bonchev–Trinajstić information content (AvgIpc) is 2.26. The van der Waals surface area contributed by atoms with Crippen molar-refractivity contribution in [2.75, 3.05) is 12.0 Å². The minimum atomic E-state index is -3.22. The van der Waals surface area contributed by atoms with Crippen molar-refractivity contribution in [1.29, 1.82) is 0 Å². The Kier molecular flexibility index (Phi) is 5.23. The highest BCUT2D eigenvalue weighted by atomic mass is 79.9. The van der Waals surface area contributed by atoms with Crippen LogP contribution in [0.5, 0.6) is 0 Å². The molecule has 0 saturated heterocycles. The second-order valence-corrected chi connectivity index (χ2v) is 7.43. The lowest BCUT2D eigenvalue weighted by Crippen LogP contribution is -2.37. The molecule has 0 fully saturated rings. The molecule has 0 heterocycles. The molecule has 1 aromatic rings. The molecule has 0 aliphatic carbocycles. The molecule has 9 heteroatoms. The van der Waals surface area contributed by atoms with Gasteiger partial charge in [-0.3, -0.25) is 14.9 Å². The largest absolute Gasteiger partial charge is 0.349 e. The number of carbonyl (C=O) groups is 1. The fourth-order valence-electron chi connectivity index (χ4n) is 1.60. The van der Waals surface area contributed by atoms with E-state index in [1.165, 1.54) is 12.1 Å². The van der Waals surface area contributed by atoms with Gasteiger partial charge in [0.05, 0.1) is 16.2 Å². The number of nitrogens with one attached hydrogen (secondary N) is 1. The molecular formula is C11H13BrN2O5S. The lowest BCUT2D eigenvalue weighted by Gasteiger charge is -2.13. The first kappa shape index (κ1) is 16.6. The van der Waals surface area contributed by atoms with Gasteiger partial charge in [-0.25, -0.2) is 8.42 Å². The Hall–Kier alpha value is -1.48. The van der Waals surface area contributed by atoms with E-state index >= 15 is 0 Å². The maximum atomic E-state index is 12.0. The summed E-state index contributed by atoms with van der Waals surface area (Å²) in [6, 6.07) is 3.20. The topological polar surface area (TPSA) is 106 Å². The van der Waals surface area contributed by atoms with Crippen LogP contribution in [0.15, 0.2) is 22.7 Å². The Morgan fingerprint density at radius 3 is 2.60 bits per heavy atom. The second-order valence-electron chi connectivity index (χ2n) is 4.39. The number of amides is 1. The van der Waals surface area contributed by atoms with Crippen LogP contribution in [0.2, 0.25) is 0 Å². The number of benzene rings is 1. The van der Waals surface area contributed by atoms with Crippen LogP contribution in [0.1, 0.15) is 17.3 Å². The fourth-order valence-corrected chi connectivity index (χ4v) is 3.02. The van der Waals surface area contributed by atoms with Crippen molar-refractivity contribution in [3.8, 4) is 0 Å². The highest BCUT2D eigenvalue weighted by Crippen LogP contribution is 2.22. The third-order valence-electron chi connectivity index (χ3n) is 2.34. The maximum absolute atomic E-state index is 12.0. The number of rotatable bonds is 5. The average molecular weight is 365 g/mol. The summed E-state index contributed by atoms with van der Waals surface area (Å²) in [5, 5.41) is 13.2. The Labute approximate surface area is 124 Å². The number of sulfone groups is 1. The second kappa shape index (κ2) is 6.31. The van der Waals surface area contributed by atoms with Crippen molar-refractivity contribution in [1.82, 2.24) is 5.32 Å². The van der Waals surface area contributed by atoms with Crippen LogP contribution in [0, 0.1) is 10.1 Å².